The third-order valence-electron chi connectivity index (χ3n) is 5.96. The number of amides is 2. The molecule has 2 amide bonds. The molecule has 0 N–H and O–H groups in total. The minimum atomic E-state index is -0.261. The van der Waals surface area contributed by atoms with Crippen LogP contribution in [0.5, 0.6) is 0 Å². The summed E-state index contributed by atoms with van der Waals surface area (Å²) in [6.07, 6.45) is 1.77. The second kappa shape index (κ2) is 9.47. The highest BCUT2D eigenvalue weighted by Gasteiger charge is 2.29. The number of likely N-dealkylation sites (tertiary alicyclic amines) is 1. The molecular formula is C22H27FN4O4. The molecule has 0 saturated carbocycles. The number of ether oxygens (including phenoxy) is 1. The fraction of sp³-hybridized carbons (Fsp3) is 0.500. The molecule has 8 nitrogen and oxygen atoms in total. The molecule has 9 heteroatoms. The average Bonchev–Trinajstić information content (AvgIpc) is 3.30. The van der Waals surface area contributed by atoms with E-state index in [9.17, 15) is 14.0 Å². The van der Waals surface area contributed by atoms with Crippen molar-refractivity contribution in [1.82, 2.24) is 15.0 Å². The lowest BCUT2D eigenvalue weighted by atomic mass is 9.94. The zero-order valence-electron chi connectivity index (χ0n) is 17.6. The van der Waals surface area contributed by atoms with Gasteiger partial charge in [0.1, 0.15) is 12.4 Å². The van der Waals surface area contributed by atoms with Crippen LogP contribution in [0.1, 0.15) is 35.0 Å². The van der Waals surface area contributed by atoms with Crippen molar-refractivity contribution >= 4 is 17.5 Å². The van der Waals surface area contributed by atoms with Crippen LogP contribution < -0.4 is 4.90 Å². The number of rotatable bonds is 5. The van der Waals surface area contributed by atoms with Crippen molar-refractivity contribution in [3.05, 3.63) is 47.6 Å². The minimum Gasteiger partial charge on any atom is -0.375 e. The smallest absolute Gasteiger partial charge is 0.292 e. The molecule has 1 atom stereocenters. The number of piperidine rings is 1. The van der Waals surface area contributed by atoms with Crippen molar-refractivity contribution in [1.29, 1.82) is 0 Å². The number of hydrogen-bond acceptors (Lipinski definition) is 6. The van der Waals surface area contributed by atoms with E-state index in [0.717, 1.165) is 18.5 Å². The maximum absolute atomic E-state index is 13.1. The Bertz CT molecular complexity index is 908. The summed E-state index contributed by atoms with van der Waals surface area (Å²) in [6.45, 7) is 3.76. The number of piperazine rings is 1. The Balaban J connectivity index is 1.34. The van der Waals surface area contributed by atoms with Gasteiger partial charge in [0, 0.05) is 64.0 Å². The molecule has 3 heterocycles. The number of benzene rings is 1. The molecule has 2 aromatic rings. The Morgan fingerprint density at radius 1 is 1.13 bits per heavy atom. The summed E-state index contributed by atoms with van der Waals surface area (Å²) < 4.78 is 23.5. The highest BCUT2D eigenvalue weighted by Crippen LogP contribution is 2.27. The molecule has 2 saturated heterocycles. The van der Waals surface area contributed by atoms with E-state index < -0.39 is 0 Å². The number of carbonyl (C=O) groups is 2. The van der Waals surface area contributed by atoms with Crippen molar-refractivity contribution in [2.75, 3.05) is 57.9 Å². The third-order valence-corrected chi connectivity index (χ3v) is 5.96. The van der Waals surface area contributed by atoms with Gasteiger partial charge < -0.3 is 24.0 Å². The first-order valence-corrected chi connectivity index (χ1v) is 10.6. The lowest BCUT2D eigenvalue weighted by Gasteiger charge is -2.35. The molecule has 0 spiro atoms. The number of methoxy groups -OCH3 is 1. The summed E-state index contributed by atoms with van der Waals surface area (Å²) in [7, 11) is 1.51. The molecule has 1 aromatic carbocycles. The van der Waals surface area contributed by atoms with E-state index >= 15 is 0 Å². The molecule has 1 aromatic heterocycles. The Morgan fingerprint density at radius 2 is 1.87 bits per heavy atom. The van der Waals surface area contributed by atoms with Gasteiger partial charge in [-0.3, -0.25) is 9.59 Å². The molecule has 0 bridgehead atoms. The Kier molecular flexibility index (Phi) is 6.50. The fourth-order valence-electron chi connectivity index (χ4n) is 4.22. The Morgan fingerprint density at radius 3 is 2.58 bits per heavy atom. The zero-order chi connectivity index (χ0) is 21.8. The second-order valence-corrected chi connectivity index (χ2v) is 7.98. The maximum atomic E-state index is 13.1. The Labute approximate surface area is 180 Å². The van der Waals surface area contributed by atoms with Gasteiger partial charge in [0.15, 0.2) is 0 Å². The second-order valence-electron chi connectivity index (χ2n) is 7.98. The lowest BCUT2D eigenvalue weighted by molar-refractivity contribution is -0.136. The summed E-state index contributed by atoms with van der Waals surface area (Å²) in [5.41, 5.74) is 1.66. The van der Waals surface area contributed by atoms with Crippen LogP contribution in [-0.4, -0.2) is 79.8 Å². The first-order chi connectivity index (χ1) is 15.0. The highest BCUT2D eigenvalue weighted by atomic mass is 19.1. The minimum absolute atomic E-state index is 0.0361. The molecule has 0 aliphatic carbocycles. The topological polar surface area (TPSA) is 79.1 Å². The molecule has 2 aliphatic rings. The van der Waals surface area contributed by atoms with E-state index in [1.807, 2.05) is 0 Å². The van der Waals surface area contributed by atoms with Gasteiger partial charge in [0.05, 0.1) is 5.69 Å². The van der Waals surface area contributed by atoms with Gasteiger partial charge in [-0.15, -0.1) is 0 Å². The number of halogens is 1. The number of hydrogen-bond donors (Lipinski definition) is 0. The van der Waals surface area contributed by atoms with Gasteiger partial charge in [-0.2, -0.15) is 0 Å². The first-order valence-electron chi connectivity index (χ1n) is 10.6. The van der Waals surface area contributed by atoms with Crippen molar-refractivity contribution in [3.8, 4) is 0 Å². The largest absolute Gasteiger partial charge is 0.375 e. The molecule has 31 heavy (non-hydrogen) atoms. The van der Waals surface area contributed by atoms with E-state index in [1.54, 1.807) is 28.0 Å². The van der Waals surface area contributed by atoms with E-state index in [4.69, 9.17) is 9.26 Å². The lowest BCUT2D eigenvalue weighted by Crippen LogP contribution is -2.48. The van der Waals surface area contributed by atoms with Crippen LogP contribution in [0.15, 0.2) is 34.9 Å². The van der Waals surface area contributed by atoms with E-state index in [2.05, 4.69) is 10.1 Å². The van der Waals surface area contributed by atoms with Crippen LogP contribution in [0.3, 0.4) is 0 Å². The predicted octanol–water partition coefficient (Wildman–Crippen LogP) is 2.13. The fourth-order valence-corrected chi connectivity index (χ4v) is 4.22. The van der Waals surface area contributed by atoms with Gasteiger partial charge in [-0.1, -0.05) is 5.16 Å². The summed E-state index contributed by atoms with van der Waals surface area (Å²) in [5.74, 6) is -0.199. The van der Waals surface area contributed by atoms with Gasteiger partial charge in [0.25, 0.3) is 5.91 Å². The highest BCUT2D eigenvalue weighted by molar-refractivity contribution is 5.91. The predicted molar refractivity (Wildman–Crippen MR) is 111 cm³/mol. The Hall–Kier alpha value is -2.94. The quantitative estimate of drug-likeness (QED) is 0.723. The molecule has 4 rings (SSSR count). The molecule has 0 radical (unpaired) electrons. The monoisotopic (exact) mass is 430 g/mol. The van der Waals surface area contributed by atoms with Crippen LogP contribution in [0, 0.1) is 5.82 Å². The molecule has 2 fully saturated rings. The first kappa shape index (κ1) is 21.3. The van der Waals surface area contributed by atoms with Crippen LogP contribution >= 0.6 is 0 Å². The molecule has 1 unspecified atom stereocenters. The van der Waals surface area contributed by atoms with Gasteiger partial charge >= 0.3 is 0 Å². The van der Waals surface area contributed by atoms with Crippen LogP contribution in [0.25, 0.3) is 0 Å². The summed E-state index contributed by atoms with van der Waals surface area (Å²) in [6, 6.07) is 8.10. The van der Waals surface area contributed by atoms with Crippen LogP contribution in [0.2, 0.25) is 0 Å². The standard InChI is InChI=1S/C22H27FN4O4/c1-30-15-21(28)27-8-2-3-16(14-27)19-13-20(31-24-19)22(29)26-11-9-25(10-12-26)18-6-4-17(23)5-7-18/h4-7,13,16H,2-3,8-12,14-15H2,1H3. The van der Waals surface area contributed by atoms with Gasteiger partial charge in [0.2, 0.25) is 11.7 Å². The van der Waals surface area contributed by atoms with E-state index in [0.29, 0.717) is 45.0 Å². The number of anilines is 1. The molecule has 2 aliphatic heterocycles. The van der Waals surface area contributed by atoms with Crippen molar-refractivity contribution < 1.29 is 23.2 Å². The average molecular weight is 430 g/mol. The van der Waals surface area contributed by atoms with Crippen molar-refractivity contribution in [3.63, 3.8) is 0 Å². The number of carbonyl (C=O) groups excluding carboxylic acids is 2. The van der Waals surface area contributed by atoms with Crippen LogP contribution in [-0.2, 0) is 9.53 Å². The molecular weight excluding hydrogens is 403 g/mol. The van der Waals surface area contributed by atoms with E-state index in [-0.39, 0.29) is 35.9 Å². The summed E-state index contributed by atoms with van der Waals surface area (Å²) >= 11 is 0. The SMILES string of the molecule is COCC(=O)N1CCCC(c2cc(C(=O)N3CCN(c4ccc(F)cc4)CC3)on2)C1. The van der Waals surface area contributed by atoms with Crippen molar-refractivity contribution in [2.45, 2.75) is 18.8 Å². The van der Waals surface area contributed by atoms with Gasteiger partial charge in [-0.05, 0) is 37.1 Å². The summed E-state index contributed by atoms with van der Waals surface area (Å²) in [5, 5.41) is 4.13. The maximum Gasteiger partial charge on any atom is 0.292 e. The van der Waals surface area contributed by atoms with Crippen molar-refractivity contribution in [2.24, 2.45) is 0 Å². The number of aromatic nitrogens is 1. The third kappa shape index (κ3) is 4.87. The van der Waals surface area contributed by atoms with E-state index in [1.165, 1.54) is 19.2 Å². The number of nitrogens with zero attached hydrogens (tertiary/aromatic N) is 4. The van der Waals surface area contributed by atoms with Gasteiger partial charge in [-0.25, -0.2) is 4.39 Å². The van der Waals surface area contributed by atoms with Crippen LogP contribution in [0.4, 0.5) is 10.1 Å². The zero-order valence-corrected chi connectivity index (χ0v) is 17.6. The summed E-state index contributed by atoms with van der Waals surface area (Å²) in [4.78, 5) is 30.7. The normalized spacial score (nSPS) is 19.5. The molecule has 166 valence electrons.